The summed E-state index contributed by atoms with van der Waals surface area (Å²) in [4.78, 5) is 8.16. The Hall–Kier alpha value is -2.62. The number of halogens is 2. The highest BCUT2D eigenvalue weighted by Crippen LogP contribution is 2.17. The van der Waals surface area contributed by atoms with E-state index in [2.05, 4.69) is 20.6 Å². The predicted octanol–water partition coefficient (Wildman–Crippen LogP) is 3.55. The van der Waals surface area contributed by atoms with E-state index in [1.165, 1.54) is 6.07 Å². The SMILES string of the molecule is CN=C(NCCc1ccccc1OC)NCc1ccc(-n2ccnc2)c(F)c1.I. The third-order valence-corrected chi connectivity index (χ3v) is 4.36. The number of benzene rings is 2. The van der Waals surface area contributed by atoms with Gasteiger partial charge in [0.2, 0.25) is 0 Å². The second-order valence-corrected chi connectivity index (χ2v) is 6.17. The molecule has 1 aromatic heterocycles. The Balaban J connectivity index is 0.00000300. The monoisotopic (exact) mass is 509 g/mol. The number of ether oxygens (including phenoxy) is 1. The van der Waals surface area contributed by atoms with Gasteiger partial charge in [-0.15, -0.1) is 24.0 Å². The van der Waals surface area contributed by atoms with E-state index >= 15 is 0 Å². The Labute approximate surface area is 187 Å². The molecule has 0 spiro atoms. The summed E-state index contributed by atoms with van der Waals surface area (Å²) in [5.74, 6) is 1.24. The van der Waals surface area contributed by atoms with Gasteiger partial charge in [-0.05, 0) is 35.7 Å². The van der Waals surface area contributed by atoms with Crippen LogP contribution in [0.1, 0.15) is 11.1 Å². The van der Waals surface area contributed by atoms with Gasteiger partial charge < -0.3 is 19.9 Å². The van der Waals surface area contributed by atoms with Crippen molar-refractivity contribution >= 4 is 29.9 Å². The molecule has 0 aliphatic heterocycles. The Morgan fingerprint density at radius 2 is 2.03 bits per heavy atom. The minimum absolute atomic E-state index is 0. The van der Waals surface area contributed by atoms with Gasteiger partial charge in [0.15, 0.2) is 5.96 Å². The number of hydrogen-bond acceptors (Lipinski definition) is 3. The number of para-hydroxylation sites is 1. The first kappa shape index (κ1) is 22.7. The smallest absolute Gasteiger partial charge is 0.191 e. The van der Waals surface area contributed by atoms with Crippen molar-refractivity contribution in [3.8, 4) is 11.4 Å². The number of guanidine groups is 1. The third-order valence-electron chi connectivity index (χ3n) is 4.36. The zero-order chi connectivity index (χ0) is 19.8. The molecule has 0 unspecified atom stereocenters. The summed E-state index contributed by atoms with van der Waals surface area (Å²) in [6, 6.07) is 13.1. The van der Waals surface area contributed by atoms with Crippen LogP contribution in [0.3, 0.4) is 0 Å². The first-order valence-electron chi connectivity index (χ1n) is 9.04. The third kappa shape index (κ3) is 6.18. The number of imidazole rings is 1. The van der Waals surface area contributed by atoms with E-state index in [0.29, 0.717) is 24.7 Å². The van der Waals surface area contributed by atoms with E-state index in [0.717, 1.165) is 23.3 Å². The van der Waals surface area contributed by atoms with Crippen molar-refractivity contribution < 1.29 is 9.13 Å². The molecule has 0 radical (unpaired) electrons. The fourth-order valence-electron chi connectivity index (χ4n) is 2.90. The van der Waals surface area contributed by atoms with Crippen molar-refractivity contribution in [1.29, 1.82) is 0 Å². The van der Waals surface area contributed by atoms with E-state index in [9.17, 15) is 4.39 Å². The molecule has 2 N–H and O–H groups in total. The van der Waals surface area contributed by atoms with Crippen molar-refractivity contribution in [2.75, 3.05) is 20.7 Å². The molecule has 1 heterocycles. The summed E-state index contributed by atoms with van der Waals surface area (Å²) in [7, 11) is 3.38. The van der Waals surface area contributed by atoms with Gasteiger partial charge in [0.25, 0.3) is 0 Å². The number of nitrogens with one attached hydrogen (secondary N) is 2. The Bertz CT molecular complexity index is 931. The molecule has 0 bridgehead atoms. The highest BCUT2D eigenvalue weighted by molar-refractivity contribution is 14.0. The maximum Gasteiger partial charge on any atom is 0.191 e. The summed E-state index contributed by atoms with van der Waals surface area (Å²) in [6.07, 6.45) is 5.71. The molecule has 6 nitrogen and oxygen atoms in total. The standard InChI is InChI=1S/C21H24FN5O.HI/c1-23-21(25-10-9-17-5-3-4-6-20(17)28-2)26-14-16-7-8-19(18(22)13-16)27-12-11-24-15-27;/h3-8,11-13,15H,9-10,14H2,1-2H3,(H2,23,25,26);1H. The van der Waals surface area contributed by atoms with Gasteiger partial charge in [-0.1, -0.05) is 24.3 Å². The van der Waals surface area contributed by atoms with Gasteiger partial charge >= 0.3 is 0 Å². The van der Waals surface area contributed by atoms with Gasteiger partial charge in [0.05, 0.1) is 19.1 Å². The van der Waals surface area contributed by atoms with Crippen molar-refractivity contribution in [2.45, 2.75) is 13.0 Å². The quantitative estimate of drug-likeness (QED) is 0.291. The van der Waals surface area contributed by atoms with Crippen LogP contribution in [-0.2, 0) is 13.0 Å². The minimum atomic E-state index is -0.295. The highest BCUT2D eigenvalue weighted by Gasteiger charge is 2.07. The summed E-state index contributed by atoms with van der Waals surface area (Å²) < 4.78 is 21.4. The Morgan fingerprint density at radius 3 is 2.72 bits per heavy atom. The van der Waals surface area contributed by atoms with Crippen LogP contribution in [0.4, 0.5) is 4.39 Å². The van der Waals surface area contributed by atoms with Crippen LogP contribution in [0.15, 0.2) is 66.2 Å². The van der Waals surface area contributed by atoms with Crippen molar-refractivity contribution in [1.82, 2.24) is 20.2 Å². The molecule has 0 aliphatic carbocycles. The van der Waals surface area contributed by atoms with E-state index in [4.69, 9.17) is 4.74 Å². The van der Waals surface area contributed by atoms with Gasteiger partial charge in [0.1, 0.15) is 11.6 Å². The summed E-state index contributed by atoms with van der Waals surface area (Å²) in [5.41, 5.74) is 2.43. The fourth-order valence-corrected chi connectivity index (χ4v) is 2.90. The number of aliphatic imine (C=N–C) groups is 1. The number of nitrogens with zero attached hydrogens (tertiary/aromatic N) is 3. The Morgan fingerprint density at radius 1 is 1.21 bits per heavy atom. The van der Waals surface area contributed by atoms with Crippen LogP contribution in [0.5, 0.6) is 5.75 Å². The average Bonchev–Trinajstić information content (AvgIpc) is 3.25. The zero-order valence-electron chi connectivity index (χ0n) is 16.4. The lowest BCUT2D eigenvalue weighted by atomic mass is 10.1. The number of methoxy groups -OCH3 is 1. The first-order valence-corrected chi connectivity index (χ1v) is 9.04. The van der Waals surface area contributed by atoms with Gasteiger partial charge in [-0.25, -0.2) is 9.37 Å². The van der Waals surface area contributed by atoms with Gasteiger partial charge in [-0.2, -0.15) is 0 Å². The molecule has 154 valence electrons. The van der Waals surface area contributed by atoms with Gasteiger partial charge in [-0.3, -0.25) is 4.99 Å². The highest BCUT2D eigenvalue weighted by atomic mass is 127. The molecule has 0 saturated heterocycles. The van der Waals surface area contributed by atoms with Crippen LogP contribution in [0.2, 0.25) is 0 Å². The van der Waals surface area contributed by atoms with Crippen molar-refractivity contribution in [3.05, 3.63) is 78.1 Å². The van der Waals surface area contributed by atoms with Crippen LogP contribution < -0.4 is 15.4 Å². The second-order valence-electron chi connectivity index (χ2n) is 6.17. The second kappa shape index (κ2) is 11.4. The van der Waals surface area contributed by atoms with Gasteiger partial charge in [0, 0.05) is 32.5 Å². The zero-order valence-corrected chi connectivity index (χ0v) is 18.8. The molecule has 8 heteroatoms. The Kier molecular flexibility index (Phi) is 8.91. The lowest BCUT2D eigenvalue weighted by Crippen LogP contribution is -2.37. The molecular formula is C21H25FIN5O. The summed E-state index contributed by atoms with van der Waals surface area (Å²) in [5, 5.41) is 6.47. The van der Waals surface area contributed by atoms with Crippen LogP contribution in [0, 0.1) is 5.82 Å². The molecule has 2 aromatic carbocycles. The normalized spacial score (nSPS) is 10.9. The van der Waals surface area contributed by atoms with Crippen molar-refractivity contribution in [3.63, 3.8) is 0 Å². The maximum atomic E-state index is 14.3. The largest absolute Gasteiger partial charge is 0.496 e. The maximum absolute atomic E-state index is 14.3. The lowest BCUT2D eigenvalue weighted by molar-refractivity contribution is 0.409. The topological polar surface area (TPSA) is 63.5 Å². The molecule has 3 rings (SSSR count). The van der Waals surface area contributed by atoms with E-state index in [-0.39, 0.29) is 29.8 Å². The first-order chi connectivity index (χ1) is 13.7. The number of aromatic nitrogens is 2. The number of rotatable bonds is 7. The fraction of sp³-hybridized carbons (Fsp3) is 0.238. The van der Waals surface area contributed by atoms with Crippen molar-refractivity contribution in [2.24, 2.45) is 4.99 Å². The predicted molar refractivity (Wildman–Crippen MR) is 124 cm³/mol. The molecule has 0 saturated carbocycles. The summed E-state index contributed by atoms with van der Waals surface area (Å²) in [6.45, 7) is 1.17. The lowest BCUT2D eigenvalue weighted by Gasteiger charge is -2.13. The molecule has 3 aromatic rings. The molecule has 0 amide bonds. The van der Waals surface area contributed by atoms with Crippen LogP contribution in [-0.4, -0.2) is 36.2 Å². The van der Waals surface area contributed by atoms with Crippen LogP contribution in [0.25, 0.3) is 5.69 Å². The molecule has 29 heavy (non-hydrogen) atoms. The van der Waals surface area contributed by atoms with E-state index < -0.39 is 0 Å². The molecule has 0 aliphatic rings. The average molecular weight is 509 g/mol. The molecule has 0 fully saturated rings. The molecule has 0 atom stereocenters. The van der Waals surface area contributed by atoms with E-state index in [1.54, 1.807) is 43.5 Å². The summed E-state index contributed by atoms with van der Waals surface area (Å²) >= 11 is 0. The number of hydrogen-bond donors (Lipinski definition) is 2. The van der Waals surface area contributed by atoms with E-state index in [1.807, 2.05) is 30.3 Å². The molecular weight excluding hydrogens is 484 g/mol. The van der Waals surface area contributed by atoms with Crippen LogP contribution >= 0.6 is 24.0 Å². The minimum Gasteiger partial charge on any atom is -0.496 e.